The molecule has 108 valence electrons. The van der Waals surface area contributed by atoms with Crippen molar-refractivity contribution < 1.29 is 4.79 Å². The van der Waals surface area contributed by atoms with Crippen LogP contribution in [0.25, 0.3) is 0 Å². The van der Waals surface area contributed by atoms with Gasteiger partial charge in [-0.25, -0.2) is 0 Å². The monoisotopic (exact) mass is 273 g/mol. The summed E-state index contributed by atoms with van der Waals surface area (Å²) in [5.74, 6) is 0.210. The number of nitrogens with one attached hydrogen (secondary N) is 1. The van der Waals surface area contributed by atoms with Crippen LogP contribution in [0.4, 0.5) is 0 Å². The topological polar surface area (TPSA) is 58.4 Å². The number of hydrogen-bond donors (Lipinski definition) is 2. The van der Waals surface area contributed by atoms with Crippen LogP contribution >= 0.6 is 0 Å². The molecule has 20 heavy (non-hydrogen) atoms. The van der Waals surface area contributed by atoms with Gasteiger partial charge in [0.05, 0.1) is 0 Å². The van der Waals surface area contributed by atoms with E-state index in [1.54, 1.807) is 0 Å². The summed E-state index contributed by atoms with van der Waals surface area (Å²) in [6, 6.07) is 8.50. The van der Waals surface area contributed by atoms with Crippen LogP contribution in [-0.2, 0) is 17.9 Å². The van der Waals surface area contributed by atoms with Crippen molar-refractivity contribution in [3.63, 3.8) is 0 Å². The number of fused-ring (bicyclic) bond motifs is 1. The number of hydrogen-bond acceptors (Lipinski definition) is 3. The molecule has 3 N–H and O–H groups in total. The molecule has 3 rings (SSSR count). The molecule has 1 unspecified atom stereocenters. The Bertz CT molecular complexity index is 487. The van der Waals surface area contributed by atoms with E-state index in [1.807, 2.05) is 6.92 Å². The predicted octanol–water partition coefficient (Wildman–Crippen LogP) is 1.25. The van der Waals surface area contributed by atoms with E-state index in [1.165, 1.54) is 11.1 Å². The summed E-state index contributed by atoms with van der Waals surface area (Å²) in [6.45, 7) is 5.38. The van der Waals surface area contributed by atoms with Crippen molar-refractivity contribution in [2.24, 2.45) is 11.7 Å². The minimum Gasteiger partial charge on any atom is -0.368 e. The van der Waals surface area contributed by atoms with Gasteiger partial charge in [-0.2, -0.15) is 0 Å². The van der Waals surface area contributed by atoms with Crippen molar-refractivity contribution in [1.82, 2.24) is 10.2 Å². The molecule has 0 spiro atoms. The molecule has 1 aliphatic heterocycles. The second-order valence-corrected chi connectivity index (χ2v) is 6.05. The van der Waals surface area contributed by atoms with E-state index in [4.69, 9.17) is 5.73 Å². The zero-order chi connectivity index (χ0) is 14.2. The number of benzene rings is 1. The first-order valence-corrected chi connectivity index (χ1v) is 7.50. The van der Waals surface area contributed by atoms with Gasteiger partial charge in [-0.05, 0) is 36.4 Å². The van der Waals surface area contributed by atoms with Gasteiger partial charge in [0.25, 0.3) is 0 Å². The van der Waals surface area contributed by atoms with E-state index in [0.717, 1.165) is 39.0 Å². The second-order valence-electron chi connectivity index (χ2n) is 6.05. The number of likely N-dealkylation sites (N-methyl/N-ethyl adjacent to an activating group) is 1. The van der Waals surface area contributed by atoms with Crippen LogP contribution in [0, 0.1) is 5.92 Å². The van der Waals surface area contributed by atoms with E-state index >= 15 is 0 Å². The fraction of sp³-hybridized carbons (Fsp3) is 0.562. The molecule has 1 aromatic carbocycles. The SMILES string of the molecule is CCNC(CN1Cc2ccccc2C1)(C(N)=O)C1CC1. The summed E-state index contributed by atoms with van der Waals surface area (Å²) in [4.78, 5) is 14.4. The molecule has 1 saturated carbocycles. The van der Waals surface area contributed by atoms with Gasteiger partial charge >= 0.3 is 0 Å². The van der Waals surface area contributed by atoms with Gasteiger partial charge in [-0.3, -0.25) is 9.69 Å². The summed E-state index contributed by atoms with van der Waals surface area (Å²) < 4.78 is 0. The average Bonchev–Trinajstić information content (AvgIpc) is 3.19. The Balaban J connectivity index is 1.77. The average molecular weight is 273 g/mol. The molecule has 1 aliphatic carbocycles. The van der Waals surface area contributed by atoms with Gasteiger partial charge in [0.15, 0.2) is 0 Å². The highest BCUT2D eigenvalue weighted by Gasteiger charge is 2.50. The van der Waals surface area contributed by atoms with Crippen LogP contribution in [0.3, 0.4) is 0 Å². The van der Waals surface area contributed by atoms with Gasteiger partial charge in [0.2, 0.25) is 5.91 Å². The lowest BCUT2D eigenvalue weighted by molar-refractivity contribution is -0.126. The first-order valence-electron chi connectivity index (χ1n) is 7.50. The highest BCUT2D eigenvalue weighted by molar-refractivity contribution is 5.86. The Morgan fingerprint density at radius 3 is 2.40 bits per heavy atom. The number of rotatable bonds is 6. The van der Waals surface area contributed by atoms with Crippen LogP contribution in [0.2, 0.25) is 0 Å². The van der Waals surface area contributed by atoms with E-state index in [0.29, 0.717) is 5.92 Å². The maximum atomic E-state index is 12.1. The lowest BCUT2D eigenvalue weighted by atomic mass is 9.91. The van der Waals surface area contributed by atoms with Crippen molar-refractivity contribution in [3.05, 3.63) is 35.4 Å². The highest BCUT2D eigenvalue weighted by Crippen LogP contribution is 2.41. The Morgan fingerprint density at radius 1 is 1.35 bits per heavy atom. The number of primary amides is 1. The van der Waals surface area contributed by atoms with Crippen LogP contribution in [-0.4, -0.2) is 29.4 Å². The van der Waals surface area contributed by atoms with Crippen molar-refractivity contribution in [1.29, 1.82) is 0 Å². The lowest BCUT2D eigenvalue weighted by Gasteiger charge is -2.35. The smallest absolute Gasteiger partial charge is 0.239 e. The van der Waals surface area contributed by atoms with Gasteiger partial charge in [-0.15, -0.1) is 0 Å². The normalized spacial score (nSPS) is 21.4. The fourth-order valence-corrected chi connectivity index (χ4v) is 3.46. The Kier molecular flexibility index (Phi) is 3.52. The third-order valence-corrected chi connectivity index (χ3v) is 4.59. The van der Waals surface area contributed by atoms with Gasteiger partial charge < -0.3 is 11.1 Å². The van der Waals surface area contributed by atoms with Crippen LogP contribution < -0.4 is 11.1 Å². The third-order valence-electron chi connectivity index (χ3n) is 4.59. The van der Waals surface area contributed by atoms with Gasteiger partial charge in [0, 0.05) is 19.6 Å². The molecule has 0 radical (unpaired) electrons. The Labute approximate surface area is 120 Å². The molecule has 0 aromatic heterocycles. The first-order chi connectivity index (χ1) is 9.65. The molecular formula is C16H23N3O. The Hall–Kier alpha value is -1.39. The minimum atomic E-state index is -0.545. The largest absolute Gasteiger partial charge is 0.368 e. The molecule has 1 amide bonds. The second kappa shape index (κ2) is 5.19. The van der Waals surface area contributed by atoms with Crippen molar-refractivity contribution in [2.75, 3.05) is 13.1 Å². The maximum Gasteiger partial charge on any atom is 0.239 e. The summed E-state index contributed by atoms with van der Waals surface area (Å²) in [7, 11) is 0. The number of carbonyl (C=O) groups is 1. The molecular weight excluding hydrogens is 250 g/mol. The van der Waals surface area contributed by atoms with E-state index in [2.05, 4.69) is 34.5 Å². The van der Waals surface area contributed by atoms with Crippen LogP contribution in [0.1, 0.15) is 30.9 Å². The Morgan fingerprint density at radius 2 is 1.95 bits per heavy atom. The quantitative estimate of drug-likeness (QED) is 0.820. The summed E-state index contributed by atoms with van der Waals surface area (Å²) in [5, 5.41) is 3.39. The van der Waals surface area contributed by atoms with Crippen molar-refractivity contribution in [3.8, 4) is 0 Å². The maximum absolute atomic E-state index is 12.1. The zero-order valence-electron chi connectivity index (χ0n) is 12.1. The molecule has 1 aromatic rings. The van der Waals surface area contributed by atoms with Gasteiger partial charge in [-0.1, -0.05) is 31.2 Å². The molecule has 4 nitrogen and oxygen atoms in total. The minimum absolute atomic E-state index is 0.196. The molecule has 2 aliphatic rings. The number of nitrogens with zero attached hydrogens (tertiary/aromatic N) is 1. The molecule has 1 fully saturated rings. The van der Waals surface area contributed by atoms with E-state index in [-0.39, 0.29) is 5.91 Å². The van der Waals surface area contributed by atoms with Crippen molar-refractivity contribution >= 4 is 5.91 Å². The number of nitrogens with two attached hydrogens (primary N) is 1. The van der Waals surface area contributed by atoms with Gasteiger partial charge in [0.1, 0.15) is 5.54 Å². The predicted molar refractivity (Wildman–Crippen MR) is 78.9 cm³/mol. The summed E-state index contributed by atoms with van der Waals surface area (Å²) in [6.07, 6.45) is 2.22. The first kappa shape index (κ1) is 13.6. The highest BCUT2D eigenvalue weighted by atomic mass is 16.1. The van der Waals surface area contributed by atoms with Crippen LogP contribution in [0.5, 0.6) is 0 Å². The number of amides is 1. The summed E-state index contributed by atoms with van der Waals surface area (Å²) >= 11 is 0. The molecule has 0 bridgehead atoms. The molecule has 0 saturated heterocycles. The third kappa shape index (κ3) is 2.34. The van der Waals surface area contributed by atoms with Crippen LogP contribution in [0.15, 0.2) is 24.3 Å². The molecule has 4 heteroatoms. The van der Waals surface area contributed by atoms with E-state index in [9.17, 15) is 4.79 Å². The number of carbonyl (C=O) groups excluding carboxylic acids is 1. The van der Waals surface area contributed by atoms with E-state index < -0.39 is 5.54 Å². The summed E-state index contributed by atoms with van der Waals surface area (Å²) in [5.41, 5.74) is 7.96. The molecule has 1 heterocycles. The zero-order valence-corrected chi connectivity index (χ0v) is 12.1. The fourth-order valence-electron chi connectivity index (χ4n) is 3.46. The molecule has 1 atom stereocenters. The lowest BCUT2D eigenvalue weighted by Crippen LogP contribution is -2.62. The van der Waals surface area contributed by atoms with Crippen molar-refractivity contribution in [2.45, 2.75) is 38.4 Å². The standard InChI is InChI=1S/C16H23N3O/c1-2-18-16(15(17)20,14-7-8-14)11-19-9-12-5-3-4-6-13(12)10-19/h3-6,14,18H,2,7-11H2,1H3,(H2,17,20).